The summed E-state index contributed by atoms with van der Waals surface area (Å²) in [6, 6.07) is 6.65. The summed E-state index contributed by atoms with van der Waals surface area (Å²) in [5, 5.41) is 3.26. The van der Waals surface area contributed by atoms with Gasteiger partial charge in [0.05, 0.1) is 17.9 Å². The Bertz CT molecular complexity index is 761. The minimum Gasteiger partial charge on any atom is -0.469 e. The van der Waals surface area contributed by atoms with Crippen LogP contribution in [-0.4, -0.2) is 59.5 Å². The van der Waals surface area contributed by atoms with Gasteiger partial charge in [0, 0.05) is 26.7 Å². The van der Waals surface area contributed by atoms with Crippen LogP contribution in [0.1, 0.15) is 12.5 Å². The van der Waals surface area contributed by atoms with E-state index in [1.165, 1.54) is 14.2 Å². The van der Waals surface area contributed by atoms with Crippen molar-refractivity contribution in [2.24, 2.45) is 16.8 Å². The average Bonchev–Trinajstić information content (AvgIpc) is 3.03. The van der Waals surface area contributed by atoms with Gasteiger partial charge < -0.3 is 15.0 Å². The highest BCUT2D eigenvalue weighted by Gasteiger charge is 2.36. The molecule has 26 heavy (non-hydrogen) atoms. The van der Waals surface area contributed by atoms with Crippen LogP contribution >= 0.6 is 0 Å². The van der Waals surface area contributed by atoms with E-state index in [4.69, 9.17) is 4.74 Å². The maximum atomic E-state index is 11.8. The number of nitrogens with one attached hydrogen (secondary N) is 2. The third-order valence-corrected chi connectivity index (χ3v) is 6.01. The quantitative estimate of drug-likeness (QED) is 0.435. The molecule has 2 unspecified atom stereocenters. The molecule has 144 valence electrons. The first kappa shape index (κ1) is 20.2. The minimum absolute atomic E-state index is 0.162. The van der Waals surface area contributed by atoms with Crippen LogP contribution in [0.25, 0.3) is 0 Å². The Kier molecular flexibility index (Phi) is 6.60. The van der Waals surface area contributed by atoms with Crippen molar-refractivity contribution in [2.75, 3.05) is 34.3 Å². The van der Waals surface area contributed by atoms with Crippen LogP contribution in [0.2, 0.25) is 0 Å². The zero-order valence-corrected chi connectivity index (χ0v) is 16.3. The highest BCUT2D eigenvalue weighted by molar-refractivity contribution is 7.89. The van der Waals surface area contributed by atoms with Gasteiger partial charge in [-0.3, -0.25) is 9.79 Å². The molecule has 1 aromatic rings. The molecule has 2 rings (SSSR count). The van der Waals surface area contributed by atoms with Crippen LogP contribution in [0.15, 0.2) is 34.2 Å². The van der Waals surface area contributed by atoms with Gasteiger partial charge in [0.25, 0.3) is 0 Å². The van der Waals surface area contributed by atoms with E-state index in [1.807, 2.05) is 11.8 Å². The number of ether oxygens (including phenoxy) is 1. The van der Waals surface area contributed by atoms with Crippen LogP contribution in [0.4, 0.5) is 0 Å². The Morgan fingerprint density at radius 2 is 1.96 bits per heavy atom. The molecular weight excluding hydrogens is 356 g/mol. The molecule has 1 aliphatic heterocycles. The molecule has 0 amide bonds. The van der Waals surface area contributed by atoms with E-state index in [1.54, 1.807) is 31.3 Å². The number of hydrogen-bond acceptors (Lipinski definition) is 5. The highest BCUT2D eigenvalue weighted by atomic mass is 32.2. The molecule has 0 saturated carbocycles. The van der Waals surface area contributed by atoms with Gasteiger partial charge in [-0.25, -0.2) is 13.1 Å². The molecule has 0 spiro atoms. The predicted molar refractivity (Wildman–Crippen MR) is 99.1 cm³/mol. The van der Waals surface area contributed by atoms with Crippen molar-refractivity contribution < 1.29 is 17.9 Å². The second kappa shape index (κ2) is 8.50. The number of guanidine groups is 1. The standard InChI is InChI=1S/C17H26N4O4S/c1-12-10-21(11-15(12)16(22)25-4)17(18-2)20-9-13-5-7-14(8-6-13)26(23,24)19-3/h5-8,12,15,19H,9-11H2,1-4H3,(H,18,20). The van der Waals surface area contributed by atoms with E-state index in [0.717, 1.165) is 12.1 Å². The maximum Gasteiger partial charge on any atom is 0.310 e. The van der Waals surface area contributed by atoms with Gasteiger partial charge in [-0.05, 0) is 30.7 Å². The molecule has 2 N–H and O–H groups in total. The molecule has 1 fully saturated rings. The van der Waals surface area contributed by atoms with Gasteiger partial charge in [-0.2, -0.15) is 0 Å². The summed E-state index contributed by atoms with van der Waals surface area (Å²) in [6.45, 7) is 3.81. The zero-order valence-electron chi connectivity index (χ0n) is 15.5. The van der Waals surface area contributed by atoms with Crippen LogP contribution in [0.5, 0.6) is 0 Å². The molecule has 1 aliphatic rings. The lowest BCUT2D eigenvalue weighted by Crippen LogP contribution is -2.40. The number of rotatable bonds is 5. The van der Waals surface area contributed by atoms with E-state index in [2.05, 4.69) is 15.0 Å². The fraction of sp³-hybridized carbons (Fsp3) is 0.529. The number of sulfonamides is 1. The Labute approximate surface area is 154 Å². The third-order valence-electron chi connectivity index (χ3n) is 4.58. The van der Waals surface area contributed by atoms with Gasteiger partial charge in [-0.15, -0.1) is 0 Å². The van der Waals surface area contributed by atoms with Gasteiger partial charge in [0.15, 0.2) is 5.96 Å². The van der Waals surface area contributed by atoms with Crippen LogP contribution in [0.3, 0.4) is 0 Å². The summed E-state index contributed by atoms with van der Waals surface area (Å²) in [5.41, 5.74) is 0.929. The normalized spacial score (nSPS) is 20.9. The Morgan fingerprint density at radius 1 is 1.31 bits per heavy atom. The average molecular weight is 382 g/mol. The lowest BCUT2D eigenvalue weighted by atomic mass is 9.99. The molecule has 9 heteroatoms. The van der Waals surface area contributed by atoms with E-state index in [9.17, 15) is 13.2 Å². The third kappa shape index (κ3) is 4.53. The molecule has 1 saturated heterocycles. The number of esters is 1. The number of carbonyl (C=O) groups excluding carboxylic acids is 1. The molecule has 0 aromatic heterocycles. The second-order valence-electron chi connectivity index (χ2n) is 6.26. The number of nitrogens with zero attached hydrogens (tertiary/aromatic N) is 2. The SMILES string of the molecule is CN=C(NCc1ccc(S(=O)(=O)NC)cc1)N1CC(C)C(C(=O)OC)C1. The van der Waals surface area contributed by atoms with Crippen molar-refractivity contribution >= 4 is 22.0 Å². The predicted octanol–water partition coefficient (Wildman–Crippen LogP) is 0.411. The van der Waals surface area contributed by atoms with E-state index in [-0.39, 0.29) is 22.7 Å². The molecule has 0 aliphatic carbocycles. The van der Waals surface area contributed by atoms with E-state index in [0.29, 0.717) is 19.0 Å². The molecule has 8 nitrogen and oxygen atoms in total. The van der Waals surface area contributed by atoms with Crippen molar-refractivity contribution in [2.45, 2.75) is 18.4 Å². The number of methoxy groups -OCH3 is 1. The summed E-state index contributed by atoms with van der Waals surface area (Å²) in [7, 11) is 1.05. The number of aliphatic imine (C=N–C) groups is 1. The topological polar surface area (TPSA) is 100 Å². The van der Waals surface area contributed by atoms with E-state index < -0.39 is 10.0 Å². The van der Waals surface area contributed by atoms with Gasteiger partial charge in [-0.1, -0.05) is 19.1 Å². The molecule has 1 aromatic carbocycles. The summed E-state index contributed by atoms with van der Waals surface area (Å²) < 4.78 is 30.7. The molecule has 1 heterocycles. The minimum atomic E-state index is -3.43. The monoisotopic (exact) mass is 382 g/mol. The zero-order chi connectivity index (χ0) is 19.3. The van der Waals surface area contributed by atoms with Gasteiger partial charge in [0.2, 0.25) is 10.0 Å². The Morgan fingerprint density at radius 3 is 2.50 bits per heavy atom. The number of hydrogen-bond donors (Lipinski definition) is 2. The maximum absolute atomic E-state index is 11.8. The largest absolute Gasteiger partial charge is 0.469 e. The number of likely N-dealkylation sites (tertiary alicyclic amines) is 1. The van der Waals surface area contributed by atoms with Crippen molar-refractivity contribution in [3.8, 4) is 0 Å². The van der Waals surface area contributed by atoms with Crippen LogP contribution in [-0.2, 0) is 26.1 Å². The number of carbonyl (C=O) groups is 1. The first-order chi connectivity index (χ1) is 12.3. The van der Waals surface area contributed by atoms with Gasteiger partial charge >= 0.3 is 5.97 Å². The first-order valence-electron chi connectivity index (χ1n) is 8.38. The molecular formula is C17H26N4O4S. The van der Waals surface area contributed by atoms with Crippen LogP contribution < -0.4 is 10.0 Å². The molecule has 0 bridgehead atoms. The van der Waals surface area contributed by atoms with Crippen LogP contribution in [0, 0.1) is 11.8 Å². The Balaban J connectivity index is 1.99. The first-order valence-corrected chi connectivity index (χ1v) is 9.86. The van der Waals surface area contributed by atoms with E-state index >= 15 is 0 Å². The summed E-state index contributed by atoms with van der Waals surface area (Å²) in [4.78, 5) is 18.4. The van der Waals surface area contributed by atoms with Gasteiger partial charge in [0.1, 0.15) is 0 Å². The fourth-order valence-electron chi connectivity index (χ4n) is 3.02. The Hall–Kier alpha value is -2.13. The number of benzene rings is 1. The fourth-order valence-corrected chi connectivity index (χ4v) is 3.75. The summed E-state index contributed by atoms with van der Waals surface area (Å²) >= 11 is 0. The molecule has 2 atom stereocenters. The lowest BCUT2D eigenvalue weighted by Gasteiger charge is -2.21. The van der Waals surface area contributed by atoms with Crippen molar-refractivity contribution in [3.05, 3.63) is 29.8 Å². The smallest absolute Gasteiger partial charge is 0.310 e. The summed E-state index contributed by atoms with van der Waals surface area (Å²) in [5.74, 6) is 0.531. The summed E-state index contributed by atoms with van der Waals surface area (Å²) in [6.07, 6.45) is 0. The van der Waals surface area contributed by atoms with Crippen molar-refractivity contribution in [3.63, 3.8) is 0 Å². The van der Waals surface area contributed by atoms with Crippen molar-refractivity contribution in [1.82, 2.24) is 14.9 Å². The molecule has 0 radical (unpaired) electrons. The van der Waals surface area contributed by atoms with Crippen molar-refractivity contribution in [1.29, 1.82) is 0 Å². The highest BCUT2D eigenvalue weighted by Crippen LogP contribution is 2.24. The second-order valence-corrected chi connectivity index (χ2v) is 8.15. The lowest BCUT2D eigenvalue weighted by molar-refractivity contribution is -0.145.